The van der Waals surface area contributed by atoms with Gasteiger partial charge < -0.3 is 31.9 Å². The zero-order valence-corrected chi connectivity index (χ0v) is 19.2. The zero-order valence-electron chi connectivity index (χ0n) is 18.4. The number of anilines is 1. The Bertz CT molecular complexity index is 1180. The van der Waals surface area contributed by atoms with E-state index in [1.165, 1.54) is 12.1 Å². The van der Waals surface area contributed by atoms with Crippen molar-refractivity contribution >= 4 is 52.1 Å². The van der Waals surface area contributed by atoms with Crippen LogP contribution in [0.15, 0.2) is 12.1 Å². The van der Waals surface area contributed by atoms with Gasteiger partial charge in [-0.3, -0.25) is 24.0 Å². The molecule has 180 valence electrons. The second-order valence-corrected chi connectivity index (χ2v) is 9.69. The van der Waals surface area contributed by atoms with Crippen molar-refractivity contribution in [1.82, 2.24) is 4.90 Å². The highest BCUT2D eigenvalue weighted by Crippen LogP contribution is 2.52. The van der Waals surface area contributed by atoms with Crippen LogP contribution in [0.1, 0.15) is 22.3 Å². The van der Waals surface area contributed by atoms with Crippen molar-refractivity contribution in [3.8, 4) is 5.75 Å². The van der Waals surface area contributed by atoms with Gasteiger partial charge in [0.1, 0.15) is 5.75 Å². The standard InChI is InChI=1S/C22H24N4O7S/c1-26(2)16-8-5-7-10(25-21(24)34)3-4-11(27)13(7)17(29)14(8)18(30)22(33)9(16)6-12(28)15(19(22)31)20(23)32/h3-4,8-9,14-16,27,33H,5-6H2,1-2H3,(H2,23,32)(H3,24,25,34)/t8?,9?,14?,15?,16-,22-/m0/s1. The normalized spacial score (nSPS) is 32.6. The third kappa shape index (κ3) is 3.16. The molecule has 4 unspecified atom stereocenters. The summed E-state index contributed by atoms with van der Waals surface area (Å²) in [5.74, 6) is -11.0. The maximum atomic E-state index is 13.7. The van der Waals surface area contributed by atoms with Gasteiger partial charge in [-0.15, -0.1) is 0 Å². The highest BCUT2D eigenvalue weighted by molar-refractivity contribution is 7.80. The van der Waals surface area contributed by atoms with Gasteiger partial charge in [-0.05, 0) is 56.3 Å². The summed E-state index contributed by atoms with van der Waals surface area (Å²) in [5.41, 5.74) is 8.70. The summed E-state index contributed by atoms with van der Waals surface area (Å²) in [6, 6.07) is 1.98. The van der Waals surface area contributed by atoms with Gasteiger partial charge in [0.05, 0.1) is 11.5 Å². The highest BCUT2D eigenvalue weighted by atomic mass is 32.1. The number of primary amides is 1. The van der Waals surface area contributed by atoms with Crippen LogP contribution < -0.4 is 16.8 Å². The summed E-state index contributed by atoms with van der Waals surface area (Å²) < 4.78 is 0. The first-order valence-corrected chi connectivity index (χ1v) is 11.0. The van der Waals surface area contributed by atoms with Gasteiger partial charge in [0, 0.05) is 24.1 Å². The zero-order chi connectivity index (χ0) is 25.3. The number of nitrogens with one attached hydrogen (secondary N) is 1. The fourth-order valence-electron chi connectivity index (χ4n) is 5.98. The van der Waals surface area contributed by atoms with E-state index in [1.54, 1.807) is 19.0 Å². The number of hydrogen-bond donors (Lipinski definition) is 5. The number of aliphatic hydroxyl groups is 1. The molecule has 12 heteroatoms. The molecule has 6 atom stereocenters. The Morgan fingerprint density at radius 3 is 2.35 bits per heavy atom. The van der Waals surface area contributed by atoms with E-state index in [0.29, 0.717) is 11.3 Å². The van der Waals surface area contributed by atoms with Gasteiger partial charge in [-0.1, -0.05) is 0 Å². The highest BCUT2D eigenvalue weighted by Gasteiger charge is 2.69. The molecule has 0 heterocycles. The van der Waals surface area contributed by atoms with Crippen LogP contribution in [0.3, 0.4) is 0 Å². The molecular formula is C22H24N4O7S. The molecule has 1 aromatic rings. The first kappa shape index (κ1) is 23.9. The minimum absolute atomic E-state index is 0.0679. The van der Waals surface area contributed by atoms with Crippen molar-refractivity contribution in [3.63, 3.8) is 0 Å². The molecule has 34 heavy (non-hydrogen) atoms. The maximum absolute atomic E-state index is 13.7. The molecular weight excluding hydrogens is 464 g/mol. The molecule has 2 saturated carbocycles. The summed E-state index contributed by atoms with van der Waals surface area (Å²) in [5, 5.41) is 24.6. The Labute approximate surface area is 199 Å². The van der Waals surface area contributed by atoms with Gasteiger partial charge in [-0.25, -0.2) is 0 Å². The largest absolute Gasteiger partial charge is 0.507 e. The number of carbonyl (C=O) groups is 5. The number of nitrogens with zero attached hydrogens (tertiary/aromatic N) is 1. The number of Topliss-reactive ketones (excluding diaryl/α,β-unsaturated/α-hetero) is 4. The number of hydrogen-bond acceptors (Lipinski definition) is 9. The van der Waals surface area contributed by atoms with Crippen LogP contribution in [-0.4, -0.2) is 75.0 Å². The predicted molar refractivity (Wildman–Crippen MR) is 122 cm³/mol. The SMILES string of the molecule is CN(C)[C@H]1C2Cc3c(NC(N)=S)ccc(O)c3C(=O)C2C(=O)[C@]2(O)C(=O)C(C(N)=O)C(=O)CC12. The molecule has 11 nitrogen and oxygen atoms in total. The second kappa shape index (κ2) is 7.93. The van der Waals surface area contributed by atoms with Crippen LogP contribution in [0, 0.1) is 23.7 Å². The number of thiocarbonyl (C=S) groups is 1. The fraction of sp³-hybridized carbons (Fsp3) is 0.455. The monoisotopic (exact) mass is 488 g/mol. The van der Waals surface area contributed by atoms with E-state index >= 15 is 0 Å². The number of amides is 1. The molecule has 1 amide bonds. The van der Waals surface area contributed by atoms with E-state index < -0.39 is 70.8 Å². The quantitative estimate of drug-likeness (QED) is 0.189. The second-order valence-electron chi connectivity index (χ2n) is 9.25. The number of aromatic hydroxyl groups is 1. The van der Waals surface area contributed by atoms with Crippen molar-refractivity contribution in [2.75, 3.05) is 19.4 Å². The van der Waals surface area contributed by atoms with Crippen LogP contribution in [0.25, 0.3) is 0 Å². The van der Waals surface area contributed by atoms with Crippen molar-refractivity contribution in [2.45, 2.75) is 24.5 Å². The minimum Gasteiger partial charge on any atom is -0.507 e. The van der Waals surface area contributed by atoms with E-state index in [0.717, 1.165) is 0 Å². The van der Waals surface area contributed by atoms with Gasteiger partial charge in [0.25, 0.3) is 0 Å². The molecule has 7 N–H and O–H groups in total. The third-order valence-corrected chi connectivity index (χ3v) is 7.36. The van der Waals surface area contributed by atoms with Crippen LogP contribution in [-0.2, 0) is 25.6 Å². The van der Waals surface area contributed by atoms with Gasteiger partial charge in [0.2, 0.25) is 5.91 Å². The number of ketones is 4. The number of benzene rings is 1. The van der Waals surface area contributed by atoms with E-state index in [2.05, 4.69) is 5.32 Å². The van der Waals surface area contributed by atoms with Crippen molar-refractivity contribution in [2.24, 2.45) is 35.1 Å². The predicted octanol–water partition coefficient (Wildman–Crippen LogP) is -1.48. The summed E-state index contributed by atoms with van der Waals surface area (Å²) in [7, 11) is 3.29. The van der Waals surface area contributed by atoms with Gasteiger partial charge >= 0.3 is 0 Å². The van der Waals surface area contributed by atoms with Gasteiger partial charge in [0.15, 0.2) is 39.8 Å². The number of carbonyl (C=O) groups excluding carboxylic acids is 5. The lowest BCUT2D eigenvalue weighted by molar-refractivity contribution is -0.181. The number of nitrogens with two attached hydrogens (primary N) is 2. The third-order valence-electron chi connectivity index (χ3n) is 7.25. The number of rotatable bonds is 3. The van der Waals surface area contributed by atoms with E-state index in [4.69, 9.17) is 23.7 Å². The molecule has 0 saturated heterocycles. The van der Waals surface area contributed by atoms with Crippen molar-refractivity contribution < 1.29 is 34.2 Å². The van der Waals surface area contributed by atoms with Gasteiger partial charge in [-0.2, -0.15) is 0 Å². The molecule has 0 spiro atoms. The number of fused-ring (bicyclic) bond motifs is 3. The average molecular weight is 489 g/mol. The van der Waals surface area contributed by atoms with Crippen LogP contribution in [0.5, 0.6) is 5.75 Å². The summed E-state index contributed by atoms with van der Waals surface area (Å²) in [4.78, 5) is 66.6. The summed E-state index contributed by atoms with van der Waals surface area (Å²) >= 11 is 4.90. The minimum atomic E-state index is -2.75. The van der Waals surface area contributed by atoms with Crippen molar-refractivity contribution in [3.05, 3.63) is 23.3 Å². The van der Waals surface area contributed by atoms with E-state index in [-0.39, 0.29) is 22.8 Å². The Morgan fingerprint density at radius 2 is 1.79 bits per heavy atom. The molecule has 2 fully saturated rings. The van der Waals surface area contributed by atoms with Crippen LogP contribution in [0.2, 0.25) is 0 Å². The molecule has 3 aliphatic rings. The lowest BCUT2D eigenvalue weighted by atomic mass is 9.51. The molecule has 3 aliphatic carbocycles. The molecule has 0 bridgehead atoms. The van der Waals surface area contributed by atoms with E-state index in [1.807, 2.05) is 0 Å². The molecule has 4 rings (SSSR count). The smallest absolute Gasteiger partial charge is 0.235 e. The number of phenols is 1. The fourth-order valence-corrected chi connectivity index (χ4v) is 6.09. The molecule has 1 aromatic carbocycles. The maximum Gasteiger partial charge on any atom is 0.235 e. The van der Waals surface area contributed by atoms with Crippen LogP contribution >= 0.6 is 12.2 Å². The first-order chi connectivity index (χ1) is 15.8. The average Bonchev–Trinajstić information content (AvgIpc) is 2.72. The Morgan fingerprint density at radius 1 is 1.15 bits per heavy atom. The topological polar surface area (TPSA) is 193 Å². The first-order valence-electron chi connectivity index (χ1n) is 10.6. The lowest BCUT2D eigenvalue weighted by Crippen LogP contribution is -2.74. The summed E-state index contributed by atoms with van der Waals surface area (Å²) in [6.07, 6.45) is -0.347. The van der Waals surface area contributed by atoms with Crippen LogP contribution in [0.4, 0.5) is 5.69 Å². The number of phenolic OH excluding ortho intramolecular Hbond substituents is 1. The molecule has 0 radical (unpaired) electrons. The Kier molecular flexibility index (Phi) is 5.58. The Balaban J connectivity index is 1.92. The Hall–Kier alpha value is -3.22. The summed E-state index contributed by atoms with van der Waals surface area (Å²) in [6.45, 7) is 0. The molecule has 0 aliphatic heterocycles. The van der Waals surface area contributed by atoms with E-state index in [9.17, 15) is 34.2 Å². The lowest BCUT2D eigenvalue weighted by Gasteiger charge is -2.54. The molecule has 0 aromatic heterocycles. The van der Waals surface area contributed by atoms with Crippen molar-refractivity contribution in [1.29, 1.82) is 0 Å².